The molecular weight excluding hydrogens is 297 g/mol. The predicted octanol–water partition coefficient (Wildman–Crippen LogP) is 3.77. The number of anilines is 3. The molecule has 0 fully saturated rings. The Morgan fingerprint density at radius 3 is 2.35 bits per heavy atom. The van der Waals surface area contributed by atoms with E-state index in [1.807, 2.05) is 18.7 Å². The van der Waals surface area contributed by atoms with Gasteiger partial charge in [-0.05, 0) is 32.0 Å². The van der Waals surface area contributed by atoms with Crippen LogP contribution in [0.5, 0.6) is 0 Å². The summed E-state index contributed by atoms with van der Waals surface area (Å²) in [6, 6.07) is 5.22. The molecule has 0 atom stereocenters. The molecule has 0 aliphatic rings. The van der Waals surface area contributed by atoms with Gasteiger partial charge < -0.3 is 10.2 Å². The Kier molecular flexibility index (Phi) is 4.98. The van der Waals surface area contributed by atoms with E-state index in [2.05, 4.69) is 20.5 Å². The van der Waals surface area contributed by atoms with E-state index in [1.54, 1.807) is 24.4 Å². The number of benzene rings is 1. The molecule has 0 bridgehead atoms. The van der Waals surface area contributed by atoms with Crippen molar-refractivity contribution in [3.8, 4) is 0 Å². The Balaban J connectivity index is 2.23. The van der Waals surface area contributed by atoms with Crippen molar-refractivity contribution in [1.29, 1.82) is 0 Å². The summed E-state index contributed by atoms with van der Waals surface area (Å²) in [6.07, 6.45) is 1.56. The molecule has 1 heterocycles. The van der Waals surface area contributed by atoms with Gasteiger partial charge in [0.15, 0.2) is 5.82 Å². The lowest BCUT2D eigenvalue weighted by Gasteiger charge is -2.18. The Labute approximate surface area is 127 Å². The van der Waals surface area contributed by atoms with Crippen LogP contribution in [-0.4, -0.2) is 28.3 Å². The number of aromatic nitrogens is 3. The van der Waals surface area contributed by atoms with Gasteiger partial charge in [-0.1, -0.05) is 23.2 Å². The van der Waals surface area contributed by atoms with Gasteiger partial charge in [-0.15, -0.1) is 5.10 Å². The van der Waals surface area contributed by atoms with Crippen molar-refractivity contribution in [2.75, 3.05) is 23.3 Å². The van der Waals surface area contributed by atoms with Gasteiger partial charge in [-0.3, -0.25) is 0 Å². The number of rotatable bonds is 5. The maximum atomic E-state index is 5.96. The first kappa shape index (κ1) is 14.8. The third-order valence-electron chi connectivity index (χ3n) is 2.73. The molecule has 1 aromatic heterocycles. The fourth-order valence-corrected chi connectivity index (χ4v) is 2.29. The highest BCUT2D eigenvalue weighted by Crippen LogP contribution is 2.24. The Morgan fingerprint density at radius 2 is 1.75 bits per heavy atom. The summed E-state index contributed by atoms with van der Waals surface area (Å²) in [5.41, 5.74) is 0.758. The summed E-state index contributed by atoms with van der Waals surface area (Å²) in [4.78, 5) is 6.44. The zero-order valence-electron chi connectivity index (χ0n) is 11.3. The fourth-order valence-electron chi connectivity index (χ4n) is 1.77. The molecule has 0 radical (unpaired) electrons. The minimum Gasteiger partial charge on any atom is -0.340 e. The van der Waals surface area contributed by atoms with E-state index in [4.69, 9.17) is 23.2 Å². The first-order chi connectivity index (χ1) is 9.62. The number of hydrogen-bond acceptors (Lipinski definition) is 5. The second kappa shape index (κ2) is 6.72. The summed E-state index contributed by atoms with van der Waals surface area (Å²) in [5, 5.41) is 12.2. The number of hydrogen-bond donors (Lipinski definition) is 1. The quantitative estimate of drug-likeness (QED) is 0.911. The van der Waals surface area contributed by atoms with Gasteiger partial charge in [-0.2, -0.15) is 10.1 Å². The van der Waals surface area contributed by atoms with E-state index in [0.29, 0.717) is 21.8 Å². The fraction of sp³-hybridized carbons (Fsp3) is 0.308. The molecule has 106 valence electrons. The average Bonchev–Trinajstić information content (AvgIpc) is 2.39. The first-order valence-electron chi connectivity index (χ1n) is 6.30. The maximum absolute atomic E-state index is 5.96. The lowest BCUT2D eigenvalue weighted by atomic mass is 10.3. The molecule has 7 heteroatoms. The normalized spacial score (nSPS) is 10.4. The molecule has 1 aromatic carbocycles. The molecule has 0 amide bonds. The van der Waals surface area contributed by atoms with Crippen molar-refractivity contribution < 1.29 is 0 Å². The van der Waals surface area contributed by atoms with Gasteiger partial charge >= 0.3 is 0 Å². The number of nitrogens with one attached hydrogen (secondary N) is 1. The first-order valence-corrected chi connectivity index (χ1v) is 7.05. The SMILES string of the molecule is CCN(CC)c1nncc(Nc2cc(Cl)cc(Cl)c2)n1. The minimum absolute atomic E-state index is 0.561. The predicted molar refractivity (Wildman–Crippen MR) is 83.1 cm³/mol. The van der Waals surface area contributed by atoms with E-state index in [1.165, 1.54) is 0 Å². The second-order valence-corrected chi connectivity index (χ2v) is 4.97. The van der Waals surface area contributed by atoms with E-state index in [-0.39, 0.29) is 0 Å². The van der Waals surface area contributed by atoms with Gasteiger partial charge in [-0.25, -0.2) is 0 Å². The van der Waals surface area contributed by atoms with Crippen LogP contribution in [0.1, 0.15) is 13.8 Å². The van der Waals surface area contributed by atoms with E-state index in [0.717, 1.165) is 18.8 Å². The standard InChI is InChI=1S/C13H15Cl2N5/c1-3-20(4-2)13-18-12(8-16-19-13)17-11-6-9(14)5-10(15)7-11/h5-8H,3-4H2,1-2H3,(H,17,18,19). The van der Waals surface area contributed by atoms with Crippen LogP contribution in [0.3, 0.4) is 0 Å². The smallest absolute Gasteiger partial charge is 0.247 e. The highest BCUT2D eigenvalue weighted by molar-refractivity contribution is 6.35. The highest BCUT2D eigenvalue weighted by atomic mass is 35.5. The molecule has 0 aliphatic heterocycles. The van der Waals surface area contributed by atoms with Crippen LogP contribution in [0.15, 0.2) is 24.4 Å². The zero-order chi connectivity index (χ0) is 14.5. The third-order valence-corrected chi connectivity index (χ3v) is 3.17. The third kappa shape index (κ3) is 3.71. The number of halogens is 2. The largest absolute Gasteiger partial charge is 0.340 e. The van der Waals surface area contributed by atoms with Crippen molar-refractivity contribution in [2.24, 2.45) is 0 Å². The van der Waals surface area contributed by atoms with Gasteiger partial charge in [0.1, 0.15) is 0 Å². The molecule has 0 spiro atoms. The van der Waals surface area contributed by atoms with Gasteiger partial charge in [0.2, 0.25) is 5.95 Å². The Hall–Kier alpha value is -1.59. The van der Waals surface area contributed by atoms with Gasteiger partial charge in [0.25, 0.3) is 0 Å². The molecule has 5 nitrogen and oxygen atoms in total. The van der Waals surface area contributed by atoms with Crippen molar-refractivity contribution in [3.63, 3.8) is 0 Å². The monoisotopic (exact) mass is 311 g/mol. The lowest BCUT2D eigenvalue weighted by molar-refractivity contribution is 0.796. The van der Waals surface area contributed by atoms with Crippen LogP contribution in [0.2, 0.25) is 10.0 Å². The van der Waals surface area contributed by atoms with E-state index < -0.39 is 0 Å². The van der Waals surface area contributed by atoms with Crippen molar-refractivity contribution in [3.05, 3.63) is 34.4 Å². The van der Waals surface area contributed by atoms with Crippen LogP contribution in [-0.2, 0) is 0 Å². The van der Waals surface area contributed by atoms with Crippen LogP contribution >= 0.6 is 23.2 Å². The maximum Gasteiger partial charge on any atom is 0.247 e. The van der Waals surface area contributed by atoms with Crippen molar-refractivity contribution in [2.45, 2.75) is 13.8 Å². The van der Waals surface area contributed by atoms with Crippen molar-refractivity contribution in [1.82, 2.24) is 15.2 Å². The molecular formula is C13H15Cl2N5. The molecule has 0 saturated carbocycles. The molecule has 0 unspecified atom stereocenters. The molecule has 0 aliphatic carbocycles. The summed E-state index contributed by atoms with van der Waals surface area (Å²) in [6.45, 7) is 5.74. The molecule has 2 rings (SSSR count). The molecule has 2 aromatic rings. The second-order valence-electron chi connectivity index (χ2n) is 4.10. The van der Waals surface area contributed by atoms with E-state index in [9.17, 15) is 0 Å². The lowest BCUT2D eigenvalue weighted by Crippen LogP contribution is -2.24. The van der Waals surface area contributed by atoms with Crippen molar-refractivity contribution >= 4 is 40.7 Å². The van der Waals surface area contributed by atoms with Crippen LogP contribution < -0.4 is 10.2 Å². The Morgan fingerprint density at radius 1 is 1.10 bits per heavy atom. The molecule has 20 heavy (non-hydrogen) atoms. The zero-order valence-corrected chi connectivity index (χ0v) is 12.8. The van der Waals surface area contributed by atoms with Gasteiger partial charge in [0, 0.05) is 28.8 Å². The average molecular weight is 312 g/mol. The number of nitrogens with zero attached hydrogens (tertiary/aromatic N) is 4. The summed E-state index contributed by atoms with van der Waals surface area (Å²) in [5.74, 6) is 1.19. The van der Waals surface area contributed by atoms with Gasteiger partial charge in [0.05, 0.1) is 6.20 Å². The molecule has 0 saturated heterocycles. The highest BCUT2D eigenvalue weighted by Gasteiger charge is 2.07. The minimum atomic E-state index is 0.561. The molecule has 1 N–H and O–H groups in total. The summed E-state index contributed by atoms with van der Waals surface area (Å²) in [7, 11) is 0. The van der Waals surface area contributed by atoms with Crippen LogP contribution in [0.25, 0.3) is 0 Å². The summed E-state index contributed by atoms with van der Waals surface area (Å²) >= 11 is 11.9. The van der Waals surface area contributed by atoms with Crippen LogP contribution in [0, 0.1) is 0 Å². The van der Waals surface area contributed by atoms with Crippen LogP contribution in [0.4, 0.5) is 17.5 Å². The summed E-state index contributed by atoms with van der Waals surface area (Å²) < 4.78 is 0. The Bertz CT molecular complexity index is 566. The topological polar surface area (TPSA) is 53.9 Å². The van der Waals surface area contributed by atoms with E-state index >= 15 is 0 Å².